The van der Waals surface area contributed by atoms with Gasteiger partial charge in [0.1, 0.15) is 12.4 Å². The third-order valence-corrected chi connectivity index (χ3v) is 3.70. The molecule has 1 amide bonds. The van der Waals surface area contributed by atoms with Crippen LogP contribution in [0.4, 0.5) is 17.1 Å². The summed E-state index contributed by atoms with van der Waals surface area (Å²) in [7, 11) is 1.32. The lowest BCUT2D eigenvalue weighted by atomic mass is 10.2. The van der Waals surface area contributed by atoms with Crippen molar-refractivity contribution in [2.24, 2.45) is 5.10 Å². The average molecular weight is 416 g/mol. The number of ketones is 1. The molecule has 0 atom stereocenters. The van der Waals surface area contributed by atoms with Crippen LogP contribution in [0.1, 0.15) is 6.92 Å². The van der Waals surface area contributed by atoms with Crippen LogP contribution in [0.3, 0.4) is 0 Å². The number of nitro benzene ring substituents is 1. The van der Waals surface area contributed by atoms with Crippen molar-refractivity contribution in [1.82, 2.24) is 0 Å². The standard InChI is InChI=1S/C19H20N4O7/c1-12(25)18(19(26)20-13-3-6-15(7-4-13)30-10-9-24)22-21-16-8-5-14(23(27)28)11-17(16)29-2/h3-8,11,21,24H,9-10H2,1-2H3,(H,20,26)/b22-18-. The Kier molecular flexibility index (Phi) is 7.82. The van der Waals surface area contributed by atoms with Crippen molar-refractivity contribution >= 4 is 34.5 Å². The number of hydrazone groups is 1. The molecule has 30 heavy (non-hydrogen) atoms. The number of carbonyl (C=O) groups excluding carboxylic acids is 2. The van der Waals surface area contributed by atoms with E-state index in [0.717, 1.165) is 0 Å². The Morgan fingerprint density at radius 1 is 1.20 bits per heavy atom. The zero-order valence-corrected chi connectivity index (χ0v) is 16.2. The van der Waals surface area contributed by atoms with Gasteiger partial charge in [0.25, 0.3) is 11.6 Å². The van der Waals surface area contributed by atoms with E-state index in [1.807, 2.05) is 0 Å². The second kappa shape index (κ2) is 10.5. The summed E-state index contributed by atoms with van der Waals surface area (Å²) in [5.74, 6) is -0.715. The van der Waals surface area contributed by atoms with Crippen LogP contribution in [-0.4, -0.2) is 47.8 Å². The number of ether oxygens (including phenoxy) is 2. The lowest BCUT2D eigenvalue weighted by molar-refractivity contribution is -0.384. The highest BCUT2D eigenvalue weighted by Crippen LogP contribution is 2.29. The smallest absolute Gasteiger partial charge is 0.279 e. The molecule has 0 heterocycles. The van der Waals surface area contributed by atoms with Crippen molar-refractivity contribution in [3.05, 3.63) is 52.6 Å². The maximum atomic E-state index is 12.4. The third kappa shape index (κ3) is 6.01. The number of nitrogens with zero attached hydrogens (tertiary/aromatic N) is 2. The Hall–Kier alpha value is -3.99. The van der Waals surface area contributed by atoms with E-state index in [4.69, 9.17) is 14.6 Å². The minimum Gasteiger partial charge on any atom is -0.494 e. The maximum absolute atomic E-state index is 12.4. The molecule has 158 valence electrons. The summed E-state index contributed by atoms with van der Waals surface area (Å²) in [6, 6.07) is 10.1. The van der Waals surface area contributed by atoms with Gasteiger partial charge in [-0.2, -0.15) is 5.10 Å². The second-order valence-electron chi connectivity index (χ2n) is 5.82. The number of amides is 1. The molecule has 0 aliphatic heterocycles. The number of nitrogens with one attached hydrogen (secondary N) is 2. The molecule has 11 nitrogen and oxygen atoms in total. The topological polar surface area (TPSA) is 152 Å². The SMILES string of the molecule is COc1cc([N+](=O)[O-])ccc1N/N=C(/C(C)=O)C(=O)Nc1ccc(OCCO)cc1. The van der Waals surface area contributed by atoms with E-state index in [2.05, 4.69) is 15.8 Å². The van der Waals surface area contributed by atoms with Crippen LogP contribution in [0.15, 0.2) is 47.6 Å². The van der Waals surface area contributed by atoms with Crippen molar-refractivity contribution in [2.45, 2.75) is 6.92 Å². The largest absolute Gasteiger partial charge is 0.494 e. The van der Waals surface area contributed by atoms with E-state index in [-0.39, 0.29) is 30.3 Å². The zero-order valence-electron chi connectivity index (χ0n) is 16.2. The lowest BCUT2D eigenvalue weighted by Gasteiger charge is -2.10. The molecule has 11 heteroatoms. The van der Waals surface area contributed by atoms with Gasteiger partial charge in [0, 0.05) is 18.7 Å². The van der Waals surface area contributed by atoms with Gasteiger partial charge in [-0.15, -0.1) is 0 Å². The van der Waals surface area contributed by atoms with Crippen molar-refractivity contribution < 1.29 is 29.1 Å². The molecule has 0 aliphatic rings. The second-order valence-corrected chi connectivity index (χ2v) is 5.82. The van der Waals surface area contributed by atoms with Crippen LogP contribution in [-0.2, 0) is 9.59 Å². The number of hydrogen-bond acceptors (Lipinski definition) is 9. The van der Waals surface area contributed by atoms with Gasteiger partial charge < -0.3 is 19.9 Å². The van der Waals surface area contributed by atoms with Crippen LogP contribution in [0.2, 0.25) is 0 Å². The number of aliphatic hydroxyl groups is 1. The number of hydrogen-bond donors (Lipinski definition) is 3. The number of nitro groups is 1. The first-order valence-corrected chi connectivity index (χ1v) is 8.68. The van der Waals surface area contributed by atoms with Crippen molar-refractivity contribution in [3.8, 4) is 11.5 Å². The zero-order chi connectivity index (χ0) is 22.1. The fourth-order valence-electron chi connectivity index (χ4n) is 2.28. The Balaban J connectivity index is 2.15. The molecule has 0 aliphatic carbocycles. The minimum absolute atomic E-state index is 0.120. The number of Topliss-reactive ketones (excluding diaryl/α,β-unsaturated/α-hetero) is 1. The van der Waals surface area contributed by atoms with Gasteiger partial charge >= 0.3 is 0 Å². The number of methoxy groups -OCH3 is 1. The van der Waals surface area contributed by atoms with E-state index >= 15 is 0 Å². The number of benzene rings is 2. The maximum Gasteiger partial charge on any atom is 0.279 e. The normalized spacial score (nSPS) is 10.8. The molecule has 2 rings (SSSR count). The number of rotatable bonds is 10. The minimum atomic E-state index is -0.750. The van der Waals surface area contributed by atoms with Crippen LogP contribution < -0.4 is 20.2 Å². The molecule has 0 spiro atoms. The van der Waals surface area contributed by atoms with E-state index < -0.39 is 22.3 Å². The number of non-ortho nitro benzene ring substituents is 1. The number of carbonyl (C=O) groups is 2. The Morgan fingerprint density at radius 2 is 1.90 bits per heavy atom. The Bertz CT molecular complexity index is 958. The number of aliphatic hydroxyl groups excluding tert-OH is 1. The quantitative estimate of drug-likeness (QED) is 0.230. The molecule has 2 aromatic rings. The summed E-state index contributed by atoms with van der Waals surface area (Å²) < 4.78 is 10.3. The van der Waals surface area contributed by atoms with Crippen molar-refractivity contribution in [2.75, 3.05) is 31.1 Å². The third-order valence-electron chi connectivity index (χ3n) is 3.70. The summed E-state index contributed by atoms with van der Waals surface area (Å²) in [6.07, 6.45) is 0. The fraction of sp³-hybridized carbons (Fsp3) is 0.211. The highest BCUT2D eigenvalue weighted by Gasteiger charge is 2.18. The first-order valence-electron chi connectivity index (χ1n) is 8.68. The van der Waals surface area contributed by atoms with Crippen LogP contribution in [0.5, 0.6) is 11.5 Å². The van der Waals surface area contributed by atoms with Crippen molar-refractivity contribution in [1.29, 1.82) is 0 Å². The monoisotopic (exact) mass is 416 g/mol. The highest BCUT2D eigenvalue weighted by atomic mass is 16.6. The first-order chi connectivity index (χ1) is 14.3. The molecule has 0 saturated carbocycles. The highest BCUT2D eigenvalue weighted by molar-refractivity contribution is 6.67. The molecule has 0 saturated heterocycles. The predicted molar refractivity (Wildman–Crippen MR) is 109 cm³/mol. The summed E-state index contributed by atoms with van der Waals surface area (Å²) in [5, 5.41) is 26.0. The van der Waals surface area contributed by atoms with E-state index in [0.29, 0.717) is 11.4 Å². The van der Waals surface area contributed by atoms with Gasteiger partial charge in [-0.05, 0) is 30.3 Å². The molecular formula is C19H20N4O7. The first kappa shape index (κ1) is 22.3. The fourth-order valence-corrected chi connectivity index (χ4v) is 2.28. The van der Waals surface area contributed by atoms with E-state index in [1.54, 1.807) is 24.3 Å². The average Bonchev–Trinajstić information content (AvgIpc) is 2.73. The van der Waals surface area contributed by atoms with Gasteiger partial charge in [-0.1, -0.05) is 0 Å². The van der Waals surface area contributed by atoms with Gasteiger partial charge in [0.05, 0.1) is 30.4 Å². The van der Waals surface area contributed by atoms with Crippen molar-refractivity contribution in [3.63, 3.8) is 0 Å². The predicted octanol–water partition coefficient (Wildman–Crippen LogP) is 1.97. The molecule has 0 radical (unpaired) electrons. The summed E-state index contributed by atoms with van der Waals surface area (Å²) in [5.41, 5.74) is 2.57. The molecule has 2 aromatic carbocycles. The molecule has 3 N–H and O–H groups in total. The molecule has 0 unspecified atom stereocenters. The van der Waals surface area contributed by atoms with E-state index in [9.17, 15) is 19.7 Å². The molecular weight excluding hydrogens is 396 g/mol. The Morgan fingerprint density at radius 3 is 2.47 bits per heavy atom. The molecule has 0 bridgehead atoms. The van der Waals surface area contributed by atoms with Gasteiger partial charge in [0.2, 0.25) is 0 Å². The lowest BCUT2D eigenvalue weighted by Crippen LogP contribution is -2.29. The van der Waals surface area contributed by atoms with E-state index in [1.165, 1.54) is 32.2 Å². The van der Waals surface area contributed by atoms with Crippen LogP contribution in [0.25, 0.3) is 0 Å². The van der Waals surface area contributed by atoms with Gasteiger partial charge in [-0.25, -0.2) is 0 Å². The van der Waals surface area contributed by atoms with Gasteiger partial charge in [-0.3, -0.25) is 25.1 Å². The van der Waals surface area contributed by atoms with Gasteiger partial charge in [0.15, 0.2) is 17.2 Å². The summed E-state index contributed by atoms with van der Waals surface area (Å²) in [4.78, 5) is 34.6. The Labute approximate surface area is 171 Å². The summed E-state index contributed by atoms with van der Waals surface area (Å²) in [6.45, 7) is 1.20. The molecule has 0 aromatic heterocycles. The summed E-state index contributed by atoms with van der Waals surface area (Å²) >= 11 is 0. The van der Waals surface area contributed by atoms with Crippen LogP contribution in [0, 0.1) is 10.1 Å². The number of anilines is 2. The molecule has 0 fully saturated rings. The van der Waals surface area contributed by atoms with Crippen LogP contribution >= 0.6 is 0 Å².